The summed E-state index contributed by atoms with van der Waals surface area (Å²) in [4.78, 5) is 0.612. The van der Waals surface area contributed by atoms with Crippen molar-refractivity contribution < 1.29 is 16.8 Å². The molecule has 0 aliphatic carbocycles. The fourth-order valence-corrected chi connectivity index (χ4v) is 8.63. The van der Waals surface area contributed by atoms with Crippen molar-refractivity contribution in [3.8, 4) is 0 Å². The average Bonchev–Trinajstić information content (AvgIpc) is 2.83. The summed E-state index contributed by atoms with van der Waals surface area (Å²) < 4.78 is 58.4. The molecule has 0 bridgehead atoms. The Labute approximate surface area is 243 Å². The van der Waals surface area contributed by atoms with E-state index in [2.05, 4.69) is 45.2 Å². The summed E-state index contributed by atoms with van der Waals surface area (Å²) in [6, 6.07) is 13.9. The number of hydrogen-bond donors (Lipinski definition) is 0. The lowest BCUT2D eigenvalue weighted by molar-refractivity contribution is 0.427. The van der Waals surface area contributed by atoms with Gasteiger partial charge < -0.3 is 0 Å². The molecule has 0 amide bonds. The first kappa shape index (κ1) is 29.8. The van der Waals surface area contributed by atoms with Gasteiger partial charge in [-0.05, 0) is 109 Å². The molecule has 0 saturated carbocycles. The molecule has 0 fully saturated rings. The molecule has 1 aliphatic heterocycles. The van der Waals surface area contributed by atoms with Gasteiger partial charge in [-0.1, -0.05) is 47.5 Å². The van der Waals surface area contributed by atoms with E-state index < -0.39 is 20.0 Å². The lowest BCUT2D eigenvalue weighted by Crippen LogP contribution is -2.34. The molecule has 196 valence electrons. The Bertz CT molecular complexity index is 1200. The second kappa shape index (κ2) is 13.3. The minimum absolute atomic E-state index is 0.306. The zero-order chi connectivity index (χ0) is 26.3. The van der Waals surface area contributed by atoms with Crippen molar-refractivity contribution in [2.45, 2.75) is 49.3 Å². The number of hydrogen-bond acceptors (Lipinski definition) is 4. The minimum Gasteiger partial charge on any atom is -0.207 e. The van der Waals surface area contributed by atoms with Gasteiger partial charge in [0.1, 0.15) is 0 Å². The number of aryl methyl sites for hydroxylation is 2. The van der Waals surface area contributed by atoms with Crippen LogP contribution in [0.2, 0.25) is 0 Å². The van der Waals surface area contributed by atoms with Gasteiger partial charge in [-0.2, -0.15) is 8.61 Å². The third-order valence-corrected chi connectivity index (χ3v) is 11.2. The SMILES string of the molecule is Cc1ccc(S(=O)(=O)N2CCC/C=C(\I)CN(S(=O)(=O)c3ccc(C)cc3)CCC/C=C(\I)C2)cc1. The Balaban J connectivity index is 1.81. The number of rotatable bonds is 4. The fraction of sp³-hybridized carbons (Fsp3) is 0.385. The molecule has 2 aromatic rings. The van der Waals surface area contributed by atoms with Gasteiger partial charge >= 0.3 is 0 Å². The molecule has 0 spiro atoms. The summed E-state index contributed by atoms with van der Waals surface area (Å²) in [6.45, 7) is 5.27. The molecular weight excluding hydrogens is 722 g/mol. The zero-order valence-electron chi connectivity index (χ0n) is 20.5. The number of halogens is 2. The lowest BCUT2D eigenvalue weighted by atomic mass is 10.2. The van der Waals surface area contributed by atoms with Crippen molar-refractivity contribution >= 4 is 65.2 Å². The molecule has 3 rings (SSSR count). The van der Waals surface area contributed by atoms with Crippen molar-refractivity contribution in [3.05, 3.63) is 79.0 Å². The van der Waals surface area contributed by atoms with Gasteiger partial charge in [0.15, 0.2) is 0 Å². The molecule has 2 aromatic carbocycles. The summed E-state index contributed by atoms with van der Waals surface area (Å²) in [6.07, 6.45) is 6.65. The van der Waals surface area contributed by atoms with E-state index in [-0.39, 0.29) is 0 Å². The Morgan fingerprint density at radius 1 is 0.611 bits per heavy atom. The molecular formula is C26H32I2N2O4S2. The number of nitrogens with zero attached hydrogens (tertiary/aromatic N) is 2. The molecule has 0 aromatic heterocycles. The smallest absolute Gasteiger partial charge is 0.207 e. The van der Waals surface area contributed by atoms with Crippen LogP contribution in [0.3, 0.4) is 0 Å². The van der Waals surface area contributed by atoms with Crippen LogP contribution >= 0.6 is 45.2 Å². The third-order valence-electron chi connectivity index (χ3n) is 5.93. The summed E-state index contributed by atoms with van der Waals surface area (Å²) in [7, 11) is -7.23. The molecule has 0 atom stereocenters. The molecule has 1 heterocycles. The topological polar surface area (TPSA) is 74.8 Å². The largest absolute Gasteiger partial charge is 0.243 e. The van der Waals surface area contributed by atoms with E-state index >= 15 is 0 Å². The third kappa shape index (κ3) is 8.10. The van der Waals surface area contributed by atoms with Crippen molar-refractivity contribution in [3.63, 3.8) is 0 Å². The van der Waals surface area contributed by atoms with E-state index in [1.54, 1.807) is 32.9 Å². The van der Waals surface area contributed by atoms with Crippen molar-refractivity contribution in [2.75, 3.05) is 26.2 Å². The molecule has 6 nitrogen and oxygen atoms in total. The summed E-state index contributed by atoms with van der Waals surface area (Å²) in [5.41, 5.74) is 2.03. The van der Waals surface area contributed by atoms with Gasteiger partial charge in [0, 0.05) is 33.3 Å². The van der Waals surface area contributed by atoms with Gasteiger partial charge in [-0.3, -0.25) is 0 Å². The summed E-state index contributed by atoms with van der Waals surface area (Å²) in [5, 5.41) is 0. The average molecular weight is 754 g/mol. The Kier molecular flexibility index (Phi) is 11.0. The predicted octanol–water partition coefficient (Wildman–Crippen LogP) is 6.20. The first-order chi connectivity index (χ1) is 17.0. The highest BCUT2D eigenvalue weighted by Crippen LogP contribution is 2.24. The minimum atomic E-state index is -3.61. The maximum Gasteiger partial charge on any atom is 0.243 e. The zero-order valence-corrected chi connectivity index (χ0v) is 26.5. The van der Waals surface area contributed by atoms with E-state index in [0.29, 0.717) is 61.7 Å². The van der Waals surface area contributed by atoms with Crippen LogP contribution in [0.1, 0.15) is 36.8 Å². The van der Waals surface area contributed by atoms with E-state index in [1.807, 2.05) is 50.3 Å². The second-order valence-corrected chi connectivity index (χ2v) is 15.5. The van der Waals surface area contributed by atoms with Gasteiger partial charge in [0.05, 0.1) is 9.79 Å². The second-order valence-electron chi connectivity index (χ2n) is 8.89. The van der Waals surface area contributed by atoms with Crippen LogP contribution in [0.5, 0.6) is 0 Å². The van der Waals surface area contributed by atoms with E-state index in [1.165, 1.54) is 0 Å². The summed E-state index contributed by atoms with van der Waals surface area (Å²) in [5.74, 6) is 0. The Hall–Kier alpha value is -0.800. The highest BCUT2D eigenvalue weighted by atomic mass is 127. The monoisotopic (exact) mass is 754 g/mol. The predicted molar refractivity (Wildman–Crippen MR) is 163 cm³/mol. The molecule has 0 radical (unpaired) electrons. The van der Waals surface area contributed by atoms with Crippen LogP contribution in [0.15, 0.2) is 77.6 Å². The highest BCUT2D eigenvalue weighted by Gasteiger charge is 2.26. The van der Waals surface area contributed by atoms with E-state index in [4.69, 9.17) is 0 Å². The Morgan fingerprint density at radius 2 is 0.944 bits per heavy atom. The molecule has 0 N–H and O–H groups in total. The molecule has 1 aliphatic rings. The quantitative estimate of drug-likeness (QED) is 0.349. The maximum absolute atomic E-state index is 13.4. The first-order valence-corrected chi connectivity index (χ1v) is 16.9. The van der Waals surface area contributed by atoms with Crippen LogP contribution in [0.25, 0.3) is 0 Å². The number of benzene rings is 2. The maximum atomic E-state index is 13.4. The van der Waals surface area contributed by atoms with Crippen LogP contribution in [0.4, 0.5) is 0 Å². The highest BCUT2D eigenvalue weighted by molar-refractivity contribution is 14.1. The lowest BCUT2D eigenvalue weighted by Gasteiger charge is -2.24. The normalized spacial score (nSPS) is 21.1. The summed E-state index contributed by atoms with van der Waals surface area (Å²) >= 11 is 4.39. The van der Waals surface area contributed by atoms with Crippen molar-refractivity contribution in [2.24, 2.45) is 0 Å². The molecule has 0 saturated heterocycles. The van der Waals surface area contributed by atoms with Crippen LogP contribution < -0.4 is 0 Å². The van der Waals surface area contributed by atoms with Crippen LogP contribution in [-0.2, 0) is 20.0 Å². The fourth-order valence-electron chi connectivity index (χ4n) is 3.81. The van der Waals surface area contributed by atoms with Gasteiger partial charge in [-0.15, -0.1) is 0 Å². The van der Waals surface area contributed by atoms with Crippen molar-refractivity contribution in [1.29, 1.82) is 0 Å². The number of allylic oxidation sites excluding steroid dienone is 2. The van der Waals surface area contributed by atoms with E-state index in [0.717, 1.165) is 18.3 Å². The van der Waals surface area contributed by atoms with Crippen molar-refractivity contribution in [1.82, 2.24) is 8.61 Å². The van der Waals surface area contributed by atoms with Crippen LogP contribution in [0, 0.1) is 13.8 Å². The van der Waals surface area contributed by atoms with Gasteiger partial charge in [-0.25, -0.2) is 16.8 Å². The molecule has 10 heteroatoms. The first-order valence-electron chi connectivity index (χ1n) is 11.8. The molecule has 36 heavy (non-hydrogen) atoms. The molecule has 0 unspecified atom stereocenters. The number of sulfonamides is 2. The van der Waals surface area contributed by atoms with Crippen LogP contribution in [-0.4, -0.2) is 51.6 Å². The van der Waals surface area contributed by atoms with Gasteiger partial charge in [0.25, 0.3) is 0 Å². The van der Waals surface area contributed by atoms with Gasteiger partial charge in [0.2, 0.25) is 20.0 Å². The Morgan fingerprint density at radius 3 is 1.28 bits per heavy atom. The standard InChI is InChI=1S/C26H32I2N2O4S2/c1-21-9-13-25(14-10-21)35(31,32)29-17-5-3-8-24(28)20-30(18-6-4-7-23(27)19-29)36(33,34)26-15-11-22(2)12-16-26/h7-16H,3-6,17-20H2,1-2H3/b23-7-,24-8-. The van der Waals surface area contributed by atoms with E-state index in [9.17, 15) is 16.8 Å².